The molecule has 22 heavy (non-hydrogen) atoms. The Labute approximate surface area is 130 Å². The van der Waals surface area contributed by atoms with Crippen molar-refractivity contribution in [2.24, 2.45) is 17.8 Å². The second kappa shape index (κ2) is 5.11. The number of carboxylic acid groups (broad SMARTS) is 1. The van der Waals surface area contributed by atoms with Crippen molar-refractivity contribution >= 4 is 17.6 Å². The van der Waals surface area contributed by atoms with Crippen LogP contribution in [0.4, 0.5) is 5.69 Å². The van der Waals surface area contributed by atoms with Crippen molar-refractivity contribution < 1.29 is 14.7 Å². The van der Waals surface area contributed by atoms with Gasteiger partial charge in [0.05, 0.1) is 0 Å². The minimum atomic E-state index is -0.905. The molecule has 4 nitrogen and oxygen atoms in total. The number of carbonyl (C=O) groups is 2. The molecule has 0 spiro atoms. The van der Waals surface area contributed by atoms with E-state index in [9.17, 15) is 14.7 Å². The SMILES string of the molecule is O=C(O)C1Cc2ccccc2N1C(=O)CC1CC2CCC1C2. The fraction of sp³-hybridized carbons (Fsp3) is 0.556. The van der Waals surface area contributed by atoms with Crippen LogP contribution in [0.1, 0.15) is 37.7 Å². The van der Waals surface area contributed by atoms with E-state index >= 15 is 0 Å². The van der Waals surface area contributed by atoms with Crippen LogP contribution in [0.5, 0.6) is 0 Å². The summed E-state index contributed by atoms with van der Waals surface area (Å²) < 4.78 is 0. The lowest BCUT2D eigenvalue weighted by Gasteiger charge is -2.27. The van der Waals surface area contributed by atoms with Gasteiger partial charge < -0.3 is 5.11 Å². The number of rotatable bonds is 3. The van der Waals surface area contributed by atoms with Gasteiger partial charge in [-0.1, -0.05) is 24.6 Å². The third-order valence-electron chi connectivity index (χ3n) is 5.85. The van der Waals surface area contributed by atoms with E-state index in [1.807, 2.05) is 24.3 Å². The van der Waals surface area contributed by atoms with Crippen LogP contribution in [0.25, 0.3) is 0 Å². The van der Waals surface area contributed by atoms with Crippen LogP contribution in [0.2, 0.25) is 0 Å². The number of carboxylic acids is 1. The third-order valence-corrected chi connectivity index (χ3v) is 5.85. The molecule has 2 fully saturated rings. The van der Waals surface area contributed by atoms with E-state index in [2.05, 4.69) is 0 Å². The second-order valence-corrected chi connectivity index (χ2v) is 7.09. The fourth-order valence-corrected chi connectivity index (χ4v) is 4.84. The molecule has 0 saturated heterocycles. The summed E-state index contributed by atoms with van der Waals surface area (Å²) in [6.07, 6.45) is 5.94. The van der Waals surface area contributed by atoms with E-state index in [1.54, 1.807) is 4.90 Å². The smallest absolute Gasteiger partial charge is 0.327 e. The summed E-state index contributed by atoms with van der Waals surface area (Å²) in [5.74, 6) is 1.06. The molecule has 1 N–H and O–H groups in total. The number of benzene rings is 1. The Morgan fingerprint density at radius 3 is 2.68 bits per heavy atom. The van der Waals surface area contributed by atoms with Gasteiger partial charge in [-0.25, -0.2) is 4.79 Å². The Balaban J connectivity index is 1.56. The van der Waals surface area contributed by atoms with Gasteiger partial charge >= 0.3 is 5.97 Å². The number of hydrogen-bond donors (Lipinski definition) is 1. The number of hydrogen-bond acceptors (Lipinski definition) is 2. The monoisotopic (exact) mass is 299 g/mol. The first-order chi connectivity index (χ1) is 10.6. The van der Waals surface area contributed by atoms with E-state index in [1.165, 1.54) is 19.3 Å². The average molecular weight is 299 g/mol. The number of amides is 1. The Hall–Kier alpha value is -1.84. The molecule has 4 unspecified atom stereocenters. The lowest BCUT2D eigenvalue weighted by atomic mass is 9.86. The highest BCUT2D eigenvalue weighted by molar-refractivity contribution is 6.02. The van der Waals surface area contributed by atoms with Crippen molar-refractivity contribution in [3.8, 4) is 0 Å². The first-order valence-electron chi connectivity index (χ1n) is 8.26. The highest BCUT2D eigenvalue weighted by atomic mass is 16.4. The minimum Gasteiger partial charge on any atom is -0.480 e. The molecular formula is C18H21NO3. The number of para-hydroxylation sites is 1. The van der Waals surface area contributed by atoms with Gasteiger partial charge in [0.2, 0.25) is 5.91 Å². The summed E-state index contributed by atoms with van der Waals surface area (Å²) in [7, 11) is 0. The molecular weight excluding hydrogens is 278 g/mol. The van der Waals surface area contributed by atoms with Crippen LogP contribution < -0.4 is 4.90 Å². The molecule has 1 heterocycles. The molecule has 0 radical (unpaired) electrons. The third kappa shape index (κ3) is 2.13. The minimum absolute atomic E-state index is 0.00472. The molecule has 1 aliphatic heterocycles. The predicted molar refractivity (Wildman–Crippen MR) is 82.6 cm³/mol. The second-order valence-electron chi connectivity index (χ2n) is 7.09. The van der Waals surface area contributed by atoms with Crippen molar-refractivity contribution in [2.45, 2.75) is 44.6 Å². The number of anilines is 1. The van der Waals surface area contributed by atoms with E-state index in [0.717, 1.165) is 23.6 Å². The number of carbonyl (C=O) groups excluding carboxylic acids is 1. The maximum atomic E-state index is 12.8. The molecule has 1 aromatic carbocycles. The zero-order valence-corrected chi connectivity index (χ0v) is 12.6. The van der Waals surface area contributed by atoms with E-state index in [-0.39, 0.29) is 5.91 Å². The van der Waals surface area contributed by atoms with Gasteiger partial charge in [-0.15, -0.1) is 0 Å². The van der Waals surface area contributed by atoms with Gasteiger partial charge in [0.15, 0.2) is 0 Å². The summed E-state index contributed by atoms with van der Waals surface area (Å²) >= 11 is 0. The zero-order chi connectivity index (χ0) is 15.3. The van der Waals surface area contributed by atoms with Crippen LogP contribution in [-0.2, 0) is 16.0 Å². The van der Waals surface area contributed by atoms with Crippen molar-refractivity contribution in [1.29, 1.82) is 0 Å². The number of fused-ring (bicyclic) bond motifs is 3. The predicted octanol–water partition coefficient (Wildman–Crippen LogP) is 2.86. The molecule has 0 aromatic heterocycles. The molecule has 2 bridgehead atoms. The Morgan fingerprint density at radius 2 is 2.00 bits per heavy atom. The molecule has 4 rings (SSSR count). The van der Waals surface area contributed by atoms with Crippen molar-refractivity contribution in [3.63, 3.8) is 0 Å². The highest BCUT2D eigenvalue weighted by Crippen LogP contribution is 2.50. The topological polar surface area (TPSA) is 57.6 Å². The average Bonchev–Trinajstić information content (AvgIpc) is 3.19. The molecule has 116 valence electrons. The molecule has 1 aromatic rings. The Morgan fingerprint density at radius 1 is 1.18 bits per heavy atom. The van der Waals surface area contributed by atoms with Crippen LogP contribution >= 0.6 is 0 Å². The van der Waals surface area contributed by atoms with E-state index < -0.39 is 12.0 Å². The van der Waals surface area contributed by atoms with Gasteiger partial charge in [0.25, 0.3) is 0 Å². The Bertz CT molecular complexity index is 627. The van der Waals surface area contributed by atoms with Crippen molar-refractivity contribution in [3.05, 3.63) is 29.8 Å². The first kappa shape index (κ1) is 13.8. The molecule has 2 saturated carbocycles. The van der Waals surface area contributed by atoms with Crippen LogP contribution in [0.3, 0.4) is 0 Å². The van der Waals surface area contributed by atoms with Crippen LogP contribution in [0.15, 0.2) is 24.3 Å². The lowest BCUT2D eigenvalue weighted by molar-refractivity contribution is -0.140. The molecule has 4 atom stereocenters. The largest absolute Gasteiger partial charge is 0.480 e. The van der Waals surface area contributed by atoms with Crippen LogP contribution in [-0.4, -0.2) is 23.0 Å². The van der Waals surface area contributed by atoms with Gasteiger partial charge in [-0.2, -0.15) is 0 Å². The fourth-order valence-electron chi connectivity index (χ4n) is 4.84. The van der Waals surface area contributed by atoms with Crippen molar-refractivity contribution in [1.82, 2.24) is 0 Å². The quantitative estimate of drug-likeness (QED) is 0.933. The number of nitrogens with zero attached hydrogens (tertiary/aromatic N) is 1. The highest BCUT2D eigenvalue weighted by Gasteiger charge is 2.43. The van der Waals surface area contributed by atoms with Gasteiger partial charge in [0, 0.05) is 18.5 Å². The van der Waals surface area contributed by atoms with Gasteiger partial charge in [0.1, 0.15) is 6.04 Å². The number of aliphatic carboxylic acids is 1. The summed E-state index contributed by atoms with van der Waals surface area (Å²) in [5, 5.41) is 9.48. The van der Waals surface area contributed by atoms with Gasteiger partial charge in [-0.3, -0.25) is 9.69 Å². The summed E-state index contributed by atoms with van der Waals surface area (Å²) in [6, 6.07) is 6.85. The first-order valence-corrected chi connectivity index (χ1v) is 8.26. The van der Waals surface area contributed by atoms with Crippen LogP contribution in [0, 0.1) is 17.8 Å². The maximum absolute atomic E-state index is 12.8. The molecule has 4 heteroatoms. The zero-order valence-electron chi connectivity index (χ0n) is 12.6. The normalized spacial score (nSPS) is 32.3. The maximum Gasteiger partial charge on any atom is 0.327 e. The van der Waals surface area contributed by atoms with E-state index in [4.69, 9.17) is 0 Å². The summed E-state index contributed by atoms with van der Waals surface area (Å²) in [5.41, 5.74) is 1.76. The lowest BCUT2D eigenvalue weighted by Crippen LogP contribution is -2.43. The van der Waals surface area contributed by atoms with E-state index in [0.29, 0.717) is 24.7 Å². The van der Waals surface area contributed by atoms with Crippen molar-refractivity contribution in [2.75, 3.05) is 4.90 Å². The Kier molecular flexibility index (Phi) is 3.21. The molecule has 1 amide bonds. The van der Waals surface area contributed by atoms with Gasteiger partial charge in [-0.05, 0) is 48.6 Å². The molecule has 3 aliphatic rings. The summed E-state index contributed by atoms with van der Waals surface area (Å²) in [6.45, 7) is 0. The summed E-state index contributed by atoms with van der Waals surface area (Å²) in [4.78, 5) is 25.9. The molecule has 2 aliphatic carbocycles. The standard InChI is InChI=1S/C18H21NO3/c20-17(10-14-8-11-5-6-12(14)7-11)19-15-4-2-1-3-13(15)9-16(19)18(21)22/h1-4,11-12,14,16H,5-10H2,(H,21,22).